The summed E-state index contributed by atoms with van der Waals surface area (Å²) in [5.41, 5.74) is 23.6. The first-order chi connectivity index (χ1) is 57.5. The van der Waals surface area contributed by atoms with Crippen LogP contribution in [0, 0.1) is 0 Å². The number of benzene rings is 17. The second-order valence-electron chi connectivity index (χ2n) is 29.3. The Morgan fingerprint density at radius 3 is 0.853 bits per heavy atom. The Hall–Kier alpha value is -15.8. The fourth-order valence-corrected chi connectivity index (χ4v) is 17.3. The molecule has 116 heavy (non-hydrogen) atoms. The van der Waals surface area contributed by atoms with Crippen molar-refractivity contribution in [1.82, 2.24) is 48.2 Å². The summed E-state index contributed by atoms with van der Waals surface area (Å²) in [4.78, 5) is 30.9. The fourth-order valence-electron chi connectivity index (χ4n) is 17.3. The van der Waals surface area contributed by atoms with E-state index in [0.717, 1.165) is 111 Å². The summed E-state index contributed by atoms with van der Waals surface area (Å²) >= 11 is 0. The van der Waals surface area contributed by atoms with E-state index in [1.807, 2.05) is 72.8 Å². The molecule has 0 fully saturated rings. The van der Waals surface area contributed by atoms with Crippen molar-refractivity contribution in [2.75, 3.05) is 0 Å². The number of rotatable bonds is 12. The van der Waals surface area contributed by atoms with E-state index in [1.54, 1.807) is 0 Å². The van der Waals surface area contributed by atoms with Gasteiger partial charge in [0, 0.05) is 99.2 Å². The van der Waals surface area contributed by atoms with Gasteiger partial charge in [-0.2, -0.15) is 0 Å². The van der Waals surface area contributed by atoms with Gasteiger partial charge in [-0.15, -0.1) is 0 Å². The Balaban J connectivity index is 0.000000141. The van der Waals surface area contributed by atoms with Crippen molar-refractivity contribution in [1.29, 1.82) is 0 Å². The standard InChI is InChI=1S/C55H35N5.C51H33N5/c1-5-18-37(19-6-1)53-56-54(38-20-7-2-8-21-38)58-55(57-53)40-34-45(52-44-27-15-16-28-47(44)60(50(52)35-40)42-24-11-4-12-25-42)39-30-31-48-46(33-39)51-43-26-14-13-17-36(43)29-32-49(51)59(48)41-22-9-3-10-23-41;1-5-17-34(18-6-1)49-52-50(35-19-7-2-8-20-35)54-51(53-49)37-31-43(48-42-26-14-16-28-45(42)56(47(48)33-37)39-23-11-4-12-24-39)36-29-30-41-40-25-13-15-27-44(40)55(46(41)32-36)38-21-9-3-10-22-38/h1-35H;1-33H. The zero-order chi connectivity index (χ0) is 76.6. The molecule has 23 rings (SSSR count). The van der Waals surface area contributed by atoms with Crippen LogP contribution >= 0.6 is 0 Å². The molecular formula is C106H68N10. The summed E-state index contributed by atoms with van der Waals surface area (Å²) in [6, 6.07) is 146. The highest BCUT2D eigenvalue weighted by atomic mass is 15.1. The van der Waals surface area contributed by atoms with Crippen molar-refractivity contribution < 1.29 is 0 Å². The van der Waals surface area contributed by atoms with E-state index in [4.69, 9.17) is 29.9 Å². The zero-order valence-electron chi connectivity index (χ0n) is 62.7. The van der Waals surface area contributed by atoms with Crippen LogP contribution in [0.15, 0.2) is 413 Å². The lowest BCUT2D eigenvalue weighted by molar-refractivity contribution is 1.07. The highest BCUT2D eigenvalue weighted by Crippen LogP contribution is 2.47. The lowest BCUT2D eigenvalue weighted by Crippen LogP contribution is -2.01. The lowest BCUT2D eigenvalue weighted by Gasteiger charge is -2.14. The Kier molecular flexibility index (Phi) is 16.3. The quantitative estimate of drug-likeness (QED) is 0.121. The molecule has 0 atom stereocenters. The van der Waals surface area contributed by atoms with Crippen LogP contribution < -0.4 is 0 Å². The monoisotopic (exact) mass is 1480 g/mol. The van der Waals surface area contributed by atoms with E-state index in [-0.39, 0.29) is 0 Å². The van der Waals surface area contributed by atoms with Crippen molar-refractivity contribution in [2.45, 2.75) is 0 Å². The molecule has 23 aromatic rings. The van der Waals surface area contributed by atoms with Gasteiger partial charge in [0.1, 0.15) is 0 Å². The maximum atomic E-state index is 5.22. The van der Waals surface area contributed by atoms with Gasteiger partial charge in [-0.05, 0) is 148 Å². The minimum Gasteiger partial charge on any atom is -0.309 e. The van der Waals surface area contributed by atoms with Gasteiger partial charge in [0.05, 0.1) is 44.1 Å². The summed E-state index contributed by atoms with van der Waals surface area (Å²) in [6.45, 7) is 0. The average molecular weight is 1480 g/mol. The zero-order valence-corrected chi connectivity index (χ0v) is 62.7. The summed E-state index contributed by atoms with van der Waals surface area (Å²) < 4.78 is 9.53. The number of nitrogens with zero attached hydrogens (tertiary/aromatic N) is 10. The molecule has 0 saturated heterocycles. The molecule has 0 spiro atoms. The fraction of sp³-hybridized carbons (Fsp3) is 0. The van der Waals surface area contributed by atoms with Crippen LogP contribution in [0.3, 0.4) is 0 Å². The minimum absolute atomic E-state index is 0.614. The number of hydrogen-bond donors (Lipinski definition) is 0. The van der Waals surface area contributed by atoms with Gasteiger partial charge >= 0.3 is 0 Å². The molecule has 17 aromatic carbocycles. The summed E-state index contributed by atoms with van der Waals surface area (Å²) in [5, 5.41) is 12.1. The van der Waals surface area contributed by atoms with E-state index in [9.17, 15) is 0 Å². The Morgan fingerprint density at radius 2 is 0.431 bits per heavy atom. The highest BCUT2D eigenvalue weighted by Gasteiger charge is 2.26. The topological polar surface area (TPSA) is 97.1 Å². The van der Waals surface area contributed by atoms with Crippen LogP contribution in [-0.4, -0.2) is 48.2 Å². The highest BCUT2D eigenvalue weighted by molar-refractivity contribution is 6.24. The number of para-hydroxylation sites is 7. The van der Waals surface area contributed by atoms with Crippen LogP contribution in [-0.2, 0) is 0 Å². The first-order valence-electron chi connectivity index (χ1n) is 39.2. The van der Waals surface area contributed by atoms with E-state index < -0.39 is 0 Å². The van der Waals surface area contributed by atoms with Gasteiger partial charge in [-0.3, -0.25) is 0 Å². The van der Waals surface area contributed by atoms with Crippen molar-refractivity contribution in [3.8, 4) is 113 Å². The average Bonchev–Trinajstić information content (AvgIpc) is 1.55. The predicted molar refractivity (Wildman–Crippen MR) is 478 cm³/mol. The molecule has 0 aliphatic carbocycles. The largest absolute Gasteiger partial charge is 0.309 e. The lowest BCUT2D eigenvalue weighted by atomic mass is 9.95. The molecule has 542 valence electrons. The number of hydrogen-bond acceptors (Lipinski definition) is 6. The van der Waals surface area contributed by atoms with E-state index in [1.165, 1.54) is 64.9 Å². The predicted octanol–water partition coefficient (Wildman–Crippen LogP) is 26.6. The van der Waals surface area contributed by atoms with E-state index in [2.05, 4.69) is 358 Å². The molecule has 10 nitrogen and oxygen atoms in total. The minimum atomic E-state index is 0.614. The molecule has 0 aliphatic rings. The normalized spacial score (nSPS) is 11.6. The van der Waals surface area contributed by atoms with Crippen LogP contribution in [0.2, 0.25) is 0 Å². The summed E-state index contributed by atoms with van der Waals surface area (Å²) in [5.74, 6) is 3.76. The maximum absolute atomic E-state index is 5.22. The molecule has 0 amide bonds. The molecule has 0 saturated carbocycles. The van der Waals surface area contributed by atoms with Gasteiger partial charge in [-0.25, -0.2) is 29.9 Å². The van der Waals surface area contributed by atoms with Gasteiger partial charge in [-0.1, -0.05) is 297 Å². The first-order valence-corrected chi connectivity index (χ1v) is 39.2. The molecule has 0 radical (unpaired) electrons. The summed E-state index contributed by atoms with van der Waals surface area (Å²) in [7, 11) is 0. The van der Waals surface area contributed by atoms with E-state index in [0.29, 0.717) is 34.9 Å². The van der Waals surface area contributed by atoms with Gasteiger partial charge in [0.2, 0.25) is 0 Å². The van der Waals surface area contributed by atoms with Gasteiger partial charge in [0.25, 0.3) is 0 Å². The third kappa shape index (κ3) is 11.6. The van der Waals surface area contributed by atoms with Crippen LogP contribution in [0.1, 0.15) is 0 Å². The molecule has 0 aliphatic heterocycles. The third-order valence-corrected chi connectivity index (χ3v) is 22.5. The molecule has 0 unspecified atom stereocenters. The van der Waals surface area contributed by atoms with Crippen LogP contribution in [0.5, 0.6) is 0 Å². The Bertz CT molecular complexity index is 7600. The molecular weight excluding hydrogens is 1410 g/mol. The van der Waals surface area contributed by atoms with Crippen molar-refractivity contribution >= 4 is 98.0 Å². The third-order valence-electron chi connectivity index (χ3n) is 22.5. The van der Waals surface area contributed by atoms with Gasteiger partial charge < -0.3 is 18.3 Å². The van der Waals surface area contributed by atoms with Crippen LogP contribution in [0.4, 0.5) is 0 Å². The number of fused-ring (bicyclic) bond motifs is 14. The first kappa shape index (κ1) is 67.1. The van der Waals surface area contributed by atoms with E-state index >= 15 is 0 Å². The van der Waals surface area contributed by atoms with Crippen molar-refractivity contribution in [3.05, 3.63) is 413 Å². The molecule has 0 bridgehead atoms. The SMILES string of the molecule is c1ccc(-c2nc(-c3ccccc3)nc(-c3cc(-c4ccc5c(c4)c4c6ccccc6ccc4n5-c4ccccc4)c4c5ccccc5n(-c5ccccc5)c4c3)n2)cc1.c1ccc(-c2nc(-c3ccccc3)nc(-c3cc(-c4ccc5c6ccccc6n(-c6ccccc6)c5c4)c4c5ccccc5n(-c5ccccc5)c4c3)n2)cc1. The molecule has 6 aromatic heterocycles. The molecule has 10 heteroatoms. The second kappa shape index (κ2) is 28.2. The summed E-state index contributed by atoms with van der Waals surface area (Å²) in [6.07, 6.45) is 0. The Morgan fingerprint density at radius 1 is 0.147 bits per heavy atom. The smallest absolute Gasteiger partial charge is 0.164 e. The van der Waals surface area contributed by atoms with Crippen LogP contribution in [0.25, 0.3) is 211 Å². The van der Waals surface area contributed by atoms with Crippen molar-refractivity contribution in [3.63, 3.8) is 0 Å². The maximum Gasteiger partial charge on any atom is 0.164 e. The molecule has 6 heterocycles. The van der Waals surface area contributed by atoms with Gasteiger partial charge in [0.15, 0.2) is 34.9 Å². The Labute approximate surface area is 667 Å². The van der Waals surface area contributed by atoms with Crippen molar-refractivity contribution in [2.24, 2.45) is 0 Å². The molecule has 0 N–H and O–H groups in total. The second-order valence-corrected chi connectivity index (χ2v) is 29.3. The number of aromatic nitrogens is 10.